The molecule has 0 amide bonds. The molecular weight excluding hydrogens is 299 g/mol. The monoisotopic (exact) mass is 326 g/mol. The Balaban J connectivity index is 1.56. The van der Waals surface area contributed by atoms with Gasteiger partial charge in [0.2, 0.25) is 0 Å². The Hall–Kier alpha value is -2.28. The van der Waals surface area contributed by atoms with E-state index in [2.05, 4.69) is 91.0 Å². The molecule has 0 aliphatic heterocycles. The average molecular weight is 326 g/mol. The number of benzene rings is 3. The van der Waals surface area contributed by atoms with Gasteiger partial charge in [-0.2, -0.15) is 0 Å². The number of hydrogen-bond donors (Lipinski definition) is 0. The molecule has 126 valence electrons. The number of aryl methyl sites for hydroxylation is 3. The third-order valence-corrected chi connectivity index (χ3v) is 5.05. The number of rotatable bonds is 9. The molecule has 0 saturated heterocycles. The van der Waals surface area contributed by atoms with Crippen LogP contribution in [0.25, 0.3) is 0 Å². The molecule has 0 atom stereocenters. The van der Waals surface area contributed by atoms with E-state index in [0.717, 1.165) is 6.71 Å². The minimum atomic E-state index is 0.778. The van der Waals surface area contributed by atoms with Crippen molar-refractivity contribution in [2.75, 3.05) is 0 Å². The molecule has 0 unspecified atom stereocenters. The van der Waals surface area contributed by atoms with E-state index in [9.17, 15) is 0 Å². The van der Waals surface area contributed by atoms with Crippen LogP contribution < -0.4 is 0 Å². The van der Waals surface area contributed by atoms with Crippen molar-refractivity contribution in [3.05, 3.63) is 108 Å². The minimum Gasteiger partial charge on any atom is -0.0701 e. The summed E-state index contributed by atoms with van der Waals surface area (Å²) in [6.07, 6.45) is 7.41. The van der Waals surface area contributed by atoms with Gasteiger partial charge in [-0.1, -0.05) is 110 Å². The second-order valence-corrected chi connectivity index (χ2v) is 6.94. The first-order valence-electron chi connectivity index (χ1n) is 9.52. The van der Waals surface area contributed by atoms with Crippen LogP contribution >= 0.6 is 0 Å². The maximum atomic E-state index is 2.26. The van der Waals surface area contributed by atoms with Crippen LogP contribution in [0.3, 0.4) is 0 Å². The molecule has 0 radical (unpaired) electrons. The molecule has 0 spiro atoms. The Bertz CT molecular complexity index is 603. The van der Waals surface area contributed by atoms with E-state index >= 15 is 0 Å². The SMILES string of the molecule is c1ccc(CCB(CCc2ccccc2)CCc2ccccc2)cc1. The maximum Gasteiger partial charge on any atom is 0.140 e. The summed E-state index contributed by atoms with van der Waals surface area (Å²) in [5.41, 5.74) is 4.39. The molecular formula is C24H27B. The average Bonchev–Trinajstić information content (AvgIpc) is 2.70. The fraction of sp³-hybridized carbons (Fsp3) is 0.250. The largest absolute Gasteiger partial charge is 0.140 e. The molecule has 3 aromatic rings. The van der Waals surface area contributed by atoms with Crippen molar-refractivity contribution in [2.45, 2.75) is 38.2 Å². The Morgan fingerprint density at radius 3 is 0.960 bits per heavy atom. The van der Waals surface area contributed by atoms with Crippen LogP contribution in [0, 0.1) is 0 Å². The second kappa shape index (κ2) is 9.88. The van der Waals surface area contributed by atoms with E-state index in [1.54, 1.807) is 0 Å². The lowest BCUT2D eigenvalue weighted by atomic mass is 9.41. The summed E-state index contributed by atoms with van der Waals surface area (Å²) in [7, 11) is 0. The standard InChI is InChI=1S/C24H27B/c1-4-10-22(11-5-1)16-19-25(20-17-23-12-6-2-7-13-23)21-18-24-14-8-3-9-15-24/h1-15H,16-21H2. The van der Waals surface area contributed by atoms with Crippen LogP contribution in [0.1, 0.15) is 16.7 Å². The molecule has 0 N–H and O–H groups in total. The van der Waals surface area contributed by atoms with Gasteiger partial charge in [0.15, 0.2) is 0 Å². The summed E-state index contributed by atoms with van der Waals surface area (Å²) in [6.45, 7) is 0.778. The zero-order valence-corrected chi connectivity index (χ0v) is 15.0. The van der Waals surface area contributed by atoms with E-state index in [0.29, 0.717) is 0 Å². The highest BCUT2D eigenvalue weighted by Crippen LogP contribution is 2.17. The minimum absolute atomic E-state index is 0.778. The Labute approximate surface area is 153 Å². The van der Waals surface area contributed by atoms with Gasteiger partial charge in [0.1, 0.15) is 6.71 Å². The van der Waals surface area contributed by atoms with Crippen LogP contribution in [0.15, 0.2) is 91.0 Å². The van der Waals surface area contributed by atoms with Crippen molar-refractivity contribution in [1.82, 2.24) is 0 Å². The summed E-state index contributed by atoms with van der Waals surface area (Å²) in [6, 6.07) is 32.7. The molecule has 1 heteroatoms. The molecule has 3 aromatic carbocycles. The summed E-state index contributed by atoms with van der Waals surface area (Å²) >= 11 is 0. The lowest BCUT2D eigenvalue weighted by molar-refractivity contribution is 1.00. The Kier molecular flexibility index (Phi) is 6.94. The molecule has 0 aliphatic carbocycles. The summed E-state index contributed by atoms with van der Waals surface area (Å²) in [4.78, 5) is 0. The van der Waals surface area contributed by atoms with Gasteiger partial charge in [0.25, 0.3) is 0 Å². The van der Waals surface area contributed by atoms with Crippen molar-refractivity contribution < 1.29 is 0 Å². The van der Waals surface area contributed by atoms with Gasteiger partial charge in [0.05, 0.1) is 0 Å². The fourth-order valence-corrected chi connectivity index (χ4v) is 3.48. The fourth-order valence-electron chi connectivity index (χ4n) is 3.48. The Morgan fingerprint density at radius 1 is 0.400 bits per heavy atom. The van der Waals surface area contributed by atoms with Gasteiger partial charge < -0.3 is 0 Å². The van der Waals surface area contributed by atoms with Crippen LogP contribution in [-0.2, 0) is 19.3 Å². The highest BCUT2D eigenvalue weighted by molar-refractivity contribution is 6.58. The van der Waals surface area contributed by atoms with E-state index in [4.69, 9.17) is 0 Å². The zero-order chi connectivity index (χ0) is 17.2. The predicted octanol–water partition coefficient (Wildman–Crippen LogP) is 6.21. The maximum absolute atomic E-state index is 2.26. The van der Waals surface area contributed by atoms with Crippen LogP contribution in [0.5, 0.6) is 0 Å². The highest BCUT2D eigenvalue weighted by Gasteiger charge is 2.14. The molecule has 0 aromatic heterocycles. The van der Waals surface area contributed by atoms with Crippen molar-refractivity contribution in [3.63, 3.8) is 0 Å². The third-order valence-electron chi connectivity index (χ3n) is 5.05. The molecule has 25 heavy (non-hydrogen) atoms. The van der Waals surface area contributed by atoms with Gasteiger partial charge in [-0.25, -0.2) is 0 Å². The lowest BCUT2D eigenvalue weighted by Crippen LogP contribution is -2.15. The molecule has 0 fully saturated rings. The van der Waals surface area contributed by atoms with Crippen molar-refractivity contribution in [3.8, 4) is 0 Å². The first kappa shape index (κ1) is 17.5. The lowest BCUT2D eigenvalue weighted by Gasteiger charge is -2.14. The number of hydrogen-bond acceptors (Lipinski definition) is 0. The summed E-state index contributed by atoms with van der Waals surface area (Å²) in [5.74, 6) is 0. The smallest absolute Gasteiger partial charge is 0.0701 e. The van der Waals surface area contributed by atoms with E-state index in [1.807, 2.05) is 0 Å². The van der Waals surface area contributed by atoms with Crippen LogP contribution in [-0.4, -0.2) is 6.71 Å². The molecule has 0 aliphatic rings. The van der Waals surface area contributed by atoms with Crippen molar-refractivity contribution in [1.29, 1.82) is 0 Å². The molecule has 0 saturated carbocycles. The van der Waals surface area contributed by atoms with Gasteiger partial charge in [-0.3, -0.25) is 0 Å². The molecule has 3 rings (SSSR count). The van der Waals surface area contributed by atoms with Gasteiger partial charge >= 0.3 is 0 Å². The van der Waals surface area contributed by atoms with Crippen molar-refractivity contribution >= 4 is 6.71 Å². The quantitative estimate of drug-likeness (QED) is 0.410. The van der Waals surface area contributed by atoms with Gasteiger partial charge in [-0.15, -0.1) is 0 Å². The first-order valence-corrected chi connectivity index (χ1v) is 9.52. The normalized spacial score (nSPS) is 10.6. The van der Waals surface area contributed by atoms with Crippen molar-refractivity contribution in [2.24, 2.45) is 0 Å². The van der Waals surface area contributed by atoms with E-state index in [1.165, 1.54) is 54.9 Å². The second-order valence-electron chi connectivity index (χ2n) is 6.94. The van der Waals surface area contributed by atoms with Gasteiger partial charge in [-0.05, 0) is 36.0 Å². The first-order chi connectivity index (χ1) is 12.4. The molecule has 0 nitrogen and oxygen atoms in total. The summed E-state index contributed by atoms with van der Waals surface area (Å²) < 4.78 is 0. The predicted molar refractivity (Wildman–Crippen MR) is 111 cm³/mol. The van der Waals surface area contributed by atoms with Crippen LogP contribution in [0.4, 0.5) is 0 Å². The highest BCUT2D eigenvalue weighted by atomic mass is 14.0. The van der Waals surface area contributed by atoms with E-state index in [-0.39, 0.29) is 0 Å². The van der Waals surface area contributed by atoms with Gasteiger partial charge in [0, 0.05) is 0 Å². The molecule has 0 heterocycles. The summed E-state index contributed by atoms with van der Waals surface area (Å²) in [5, 5.41) is 0. The van der Waals surface area contributed by atoms with E-state index < -0.39 is 0 Å². The topological polar surface area (TPSA) is 0 Å². The van der Waals surface area contributed by atoms with Crippen LogP contribution in [0.2, 0.25) is 19.0 Å². The zero-order valence-electron chi connectivity index (χ0n) is 15.0. The third kappa shape index (κ3) is 6.27. The molecule has 0 bridgehead atoms. The Morgan fingerprint density at radius 2 is 0.680 bits per heavy atom.